The van der Waals surface area contributed by atoms with Crippen molar-refractivity contribution in [1.29, 1.82) is 0 Å². The molecule has 1 atom stereocenters. The molecular weight excluding hydrogens is 378 g/mol. The Labute approximate surface area is 167 Å². The fourth-order valence-corrected chi connectivity index (χ4v) is 6.40. The molecule has 1 fully saturated rings. The summed E-state index contributed by atoms with van der Waals surface area (Å²) in [6.07, 6.45) is 10.1. The number of amides is 1. The van der Waals surface area contributed by atoms with E-state index >= 15 is 0 Å². The van der Waals surface area contributed by atoms with Crippen LogP contribution in [0.2, 0.25) is 0 Å². The zero-order valence-corrected chi connectivity index (χ0v) is 17.1. The van der Waals surface area contributed by atoms with Crippen LogP contribution < -0.4 is 10.9 Å². The maximum atomic E-state index is 13.3. The number of nitrogens with one attached hydrogen (secondary N) is 1. The quantitative estimate of drug-likeness (QED) is 0.481. The Bertz CT molecular complexity index is 931. The molecule has 27 heavy (non-hydrogen) atoms. The molecule has 0 aromatic carbocycles. The number of allylic oxidation sites excluding steroid dienone is 1. The highest BCUT2D eigenvalue weighted by atomic mass is 32.2. The summed E-state index contributed by atoms with van der Waals surface area (Å²) in [5.41, 5.74) is 1.24. The van der Waals surface area contributed by atoms with Crippen molar-refractivity contribution >= 4 is 39.2 Å². The normalized spacial score (nSPS) is 20.6. The summed E-state index contributed by atoms with van der Waals surface area (Å²) < 4.78 is 1.70. The zero-order chi connectivity index (χ0) is 18.8. The van der Waals surface area contributed by atoms with E-state index in [2.05, 4.69) is 11.9 Å². The largest absolute Gasteiger partial charge is 0.355 e. The Morgan fingerprint density at radius 1 is 1.22 bits per heavy atom. The van der Waals surface area contributed by atoms with E-state index < -0.39 is 0 Å². The van der Waals surface area contributed by atoms with Gasteiger partial charge in [-0.05, 0) is 44.1 Å². The first-order chi connectivity index (χ1) is 13.2. The van der Waals surface area contributed by atoms with Gasteiger partial charge in [0, 0.05) is 18.0 Å². The lowest BCUT2D eigenvalue weighted by Gasteiger charge is -2.15. The van der Waals surface area contributed by atoms with E-state index in [1.807, 2.05) is 0 Å². The van der Waals surface area contributed by atoms with Crippen LogP contribution in [0.4, 0.5) is 0 Å². The molecule has 5 nitrogen and oxygen atoms in total. The number of carbonyl (C=O) groups is 1. The topological polar surface area (TPSA) is 64.0 Å². The first-order valence-electron chi connectivity index (χ1n) is 9.79. The molecule has 1 amide bonds. The minimum atomic E-state index is -0.189. The minimum absolute atomic E-state index is 0.0239. The van der Waals surface area contributed by atoms with E-state index in [0.29, 0.717) is 11.7 Å². The van der Waals surface area contributed by atoms with Gasteiger partial charge in [-0.15, -0.1) is 17.9 Å². The number of hydrogen-bond donors (Lipinski definition) is 1. The first kappa shape index (κ1) is 18.7. The van der Waals surface area contributed by atoms with Gasteiger partial charge >= 0.3 is 0 Å². The number of aromatic nitrogens is 2. The Morgan fingerprint density at radius 2 is 2.07 bits per heavy atom. The highest BCUT2D eigenvalue weighted by molar-refractivity contribution is 8.00. The average molecular weight is 404 g/mol. The van der Waals surface area contributed by atoms with Gasteiger partial charge in [0.05, 0.1) is 10.6 Å². The minimum Gasteiger partial charge on any atom is -0.355 e. The lowest BCUT2D eigenvalue weighted by Crippen LogP contribution is -2.32. The lowest BCUT2D eigenvalue weighted by atomic mass is 10.1. The van der Waals surface area contributed by atoms with Crippen molar-refractivity contribution in [1.82, 2.24) is 14.9 Å². The Balaban J connectivity index is 1.80. The van der Waals surface area contributed by atoms with Crippen molar-refractivity contribution in [3.63, 3.8) is 0 Å². The number of carbonyl (C=O) groups excluding carboxylic acids is 1. The molecule has 0 bridgehead atoms. The fourth-order valence-electron chi connectivity index (χ4n) is 3.93. The second kappa shape index (κ2) is 8.19. The summed E-state index contributed by atoms with van der Waals surface area (Å²) >= 11 is 3.10. The van der Waals surface area contributed by atoms with Gasteiger partial charge in [0.15, 0.2) is 5.16 Å². The predicted molar refractivity (Wildman–Crippen MR) is 112 cm³/mol. The number of aryl methyl sites for hydroxylation is 2. The molecule has 1 N–H and O–H groups in total. The average Bonchev–Trinajstić information content (AvgIpc) is 2.80. The number of thiophene rings is 1. The van der Waals surface area contributed by atoms with Gasteiger partial charge in [-0.25, -0.2) is 4.98 Å². The fraction of sp³-hybridized carbons (Fsp3) is 0.550. The molecule has 1 aliphatic heterocycles. The second-order valence-electron chi connectivity index (χ2n) is 7.24. The molecule has 1 aliphatic carbocycles. The third-order valence-corrected chi connectivity index (χ3v) is 7.78. The second-order valence-corrected chi connectivity index (χ2v) is 9.49. The summed E-state index contributed by atoms with van der Waals surface area (Å²) in [4.78, 5) is 32.7. The van der Waals surface area contributed by atoms with Crippen molar-refractivity contribution < 1.29 is 4.79 Å². The standard InChI is InChI=1S/C20H25N3O2S2/c1-2-12-23-19(25)16-13-8-4-3-5-9-14(13)26-18(16)22-20(23)27-15-10-6-7-11-21-17(15)24/h2,15H,1,3-12H2,(H,21,24)/t15-/m1/s1. The van der Waals surface area contributed by atoms with Gasteiger partial charge in [-0.1, -0.05) is 30.7 Å². The maximum absolute atomic E-state index is 13.3. The van der Waals surface area contributed by atoms with Crippen molar-refractivity contribution in [3.8, 4) is 0 Å². The molecule has 2 aliphatic rings. The van der Waals surface area contributed by atoms with E-state index in [-0.39, 0.29) is 16.7 Å². The van der Waals surface area contributed by atoms with Crippen LogP contribution in [0, 0.1) is 0 Å². The highest BCUT2D eigenvalue weighted by Crippen LogP contribution is 2.35. The molecule has 2 aromatic rings. The van der Waals surface area contributed by atoms with E-state index in [0.717, 1.165) is 55.3 Å². The van der Waals surface area contributed by atoms with E-state index in [1.165, 1.54) is 35.0 Å². The Kier molecular flexibility index (Phi) is 5.68. The van der Waals surface area contributed by atoms with E-state index in [9.17, 15) is 9.59 Å². The van der Waals surface area contributed by atoms with Crippen LogP contribution in [-0.4, -0.2) is 27.3 Å². The van der Waals surface area contributed by atoms with Gasteiger partial charge in [0.1, 0.15) is 4.83 Å². The van der Waals surface area contributed by atoms with Crippen LogP contribution in [-0.2, 0) is 24.2 Å². The number of hydrogen-bond acceptors (Lipinski definition) is 5. The van der Waals surface area contributed by atoms with Gasteiger partial charge < -0.3 is 5.32 Å². The maximum Gasteiger partial charge on any atom is 0.263 e. The lowest BCUT2D eigenvalue weighted by molar-refractivity contribution is -0.120. The molecule has 0 saturated carbocycles. The molecule has 0 unspecified atom stereocenters. The summed E-state index contributed by atoms with van der Waals surface area (Å²) in [6, 6.07) is 0. The van der Waals surface area contributed by atoms with Crippen LogP contribution in [0.1, 0.15) is 49.0 Å². The Morgan fingerprint density at radius 3 is 2.93 bits per heavy atom. The highest BCUT2D eigenvalue weighted by Gasteiger charge is 2.26. The molecular formula is C20H25N3O2S2. The van der Waals surface area contributed by atoms with Crippen LogP contribution in [0.3, 0.4) is 0 Å². The molecule has 0 radical (unpaired) electrons. The van der Waals surface area contributed by atoms with Gasteiger partial charge in [0.25, 0.3) is 5.56 Å². The summed E-state index contributed by atoms with van der Waals surface area (Å²) in [5.74, 6) is 0.0546. The smallest absolute Gasteiger partial charge is 0.263 e. The first-order valence-corrected chi connectivity index (χ1v) is 11.5. The van der Waals surface area contributed by atoms with Crippen molar-refractivity contribution in [2.75, 3.05) is 6.54 Å². The van der Waals surface area contributed by atoms with Gasteiger partial charge in [0.2, 0.25) is 5.91 Å². The molecule has 2 aromatic heterocycles. The summed E-state index contributed by atoms with van der Waals surface area (Å²) in [6.45, 7) is 4.97. The molecule has 0 spiro atoms. The zero-order valence-electron chi connectivity index (χ0n) is 15.5. The van der Waals surface area contributed by atoms with Gasteiger partial charge in [-0.3, -0.25) is 14.2 Å². The van der Waals surface area contributed by atoms with Gasteiger partial charge in [-0.2, -0.15) is 0 Å². The van der Waals surface area contributed by atoms with Crippen LogP contribution in [0.5, 0.6) is 0 Å². The SMILES string of the molecule is C=CCn1c(S[C@@H]2CCCCNC2=O)nc2sc3c(c2c1=O)CCCCC3. The third-order valence-electron chi connectivity index (χ3n) is 5.33. The van der Waals surface area contributed by atoms with Crippen molar-refractivity contribution in [3.05, 3.63) is 33.4 Å². The van der Waals surface area contributed by atoms with Crippen molar-refractivity contribution in [2.45, 2.75) is 68.3 Å². The predicted octanol–water partition coefficient (Wildman–Crippen LogP) is 3.67. The Hall–Kier alpha value is -1.60. The van der Waals surface area contributed by atoms with Crippen LogP contribution >= 0.6 is 23.1 Å². The molecule has 7 heteroatoms. The monoisotopic (exact) mass is 403 g/mol. The molecule has 3 heterocycles. The summed E-state index contributed by atoms with van der Waals surface area (Å²) in [7, 11) is 0. The molecule has 1 saturated heterocycles. The molecule has 144 valence electrons. The van der Waals surface area contributed by atoms with Crippen LogP contribution in [0.15, 0.2) is 22.6 Å². The van der Waals surface area contributed by atoms with E-state index in [4.69, 9.17) is 4.98 Å². The van der Waals surface area contributed by atoms with Crippen LogP contribution in [0.25, 0.3) is 10.2 Å². The third kappa shape index (κ3) is 3.72. The number of fused-ring (bicyclic) bond motifs is 3. The van der Waals surface area contributed by atoms with Crippen molar-refractivity contribution in [2.24, 2.45) is 0 Å². The number of rotatable bonds is 4. The number of nitrogens with zero attached hydrogens (tertiary/aromatic N) is 2. The van der Waals surface area contributed by atoms with E-state index in [1.54, 1.807) is 22.0 Å². The summed E-state index contributed by atoms with van der Waals surface area (Å²) in [5, 5.41) is 4.23. The molecule has 4 rings (SSSR count). The number of thioether (sulfide) groups is 1.